The molecule has 0 fully saturated rings. The van der Waals surface area contributed by atoms with Gasteiger partial charge in [-0.1, -0.05) is 17.7 Å². The first-order valence-electron chi connectivity index (χ1n) is 7.39. The van der Waals surface area contributed by atoms with E-state index in [9.17, 15) is 4.79 Å². The van der Waals surface area contributed by atoms with E-state index >= 15 is 0 Å². The van der Waals surface area contributed by atoms with E-state index in [1.54, 1.807) is 29.5 Å². The minimum atomic E-state index is -0.0195. The number of halogens is 1. The van der Waals surface area contributed by atoms with Crippen LogP contribution in [0.15, 0.2) is 33.6 Å². The van der Waals surface area contributed by atoms with E-state index in [1.807, 2.05) is 11.8 Å². The van der Waals surface area contributed by atoms with Crippen LogP contribution in [0.1, 0.15) is 23.3 Å². The van der Waals surface area contributed by atoms with Crippen molar-refractivity contribution in [2.45, 2.75) is 24.0 Å². The normalized spacial score (nSPS) is 20.6. The smallest absolute Gasteiger partial charge is 0.249 e. The predicted octanol–water partition coefficient (Wildman–Crippen LogP) is 4.36. The van der Waals surface area contributed by atoms with Crippen LogP contribution in [0.4, 0.5) is 5.82 Å². The molecule has 4 heterocycles. The van der Waals surface area contributed by atoms with Crippen molar-refractivity contribution in [1.82, 2.24) is 4.98 Å². The molecule has 0 N–H and O–H groups in total. The molecule has 2 aromatic heterocycles. The predicted molar refractivity (Wildman–Crippen MR) is 95.8 cm³/mol. The number of hydrogen-bond donors (Lipinski definition) is 0. The highest BCUT2D eigenvalue weighted by Crippen LogP contribution is 2.40. The molecular formula is C16H14ClN3OS2. The first-order chi connectivity index (χ1) is 11.1. The fourth-order valence-corrected chi connectivity index (χ4v) is 5.61. The number of thiophene rings is 1. The standard InChI is InChI=1S/C16H14ClN3OS2/c1-9-7-11-15-10(5-6-22-16(11)23-9)8-14(21)20(19-15)13-4-2-3-12(17)18-13/h2-4,7,10H,5-6,8H2,1H3. The zero-order valence-electron chi connectivity index (χ0n) is 12.5. The number of carbonyl (C=O) groups excluding carboxylic acids is 1. The zero-order valence-corrected chi connectivity index (χ0v) is 14.8. The molecule has 4 rings (SSSR count). The SMILES string of the molecule is Cc1cc2c(s1)SCCC1CC(=O)N(c3cccc(Cl)n3)N=C21. The van der Waals surface area contributed by atoms with Gasteiger partial charge in [0.05, 0.1) is 9.92 Å². The second-order valence-electron chi connectivity index (χ2n) is 5.61. The number of aromatic nitrogens is 1. The third kappa shape index (κ3) is 2.79. The summed E-state index contributed by atoms with van der Waals surface area (Å²) < 4.78 is 1.30. The third-order valence-electron chi connectivity index (χ3n) is 3.97. The van der Waals surface area contributed by atoms with Crippen LogP contribution in [0, 0.1) is 12.8 Å². The topological polar surface area (TPSA) is 45.6 Å². The maximum Gasteiger partial charge on any atom is 0.249 e. The van der Waals surface area contributed by atoms with Gasteiger partial charge in [-0.25, -0.2) is 4.98 Å². The summed E-state index contributed by atoms with van der Waals surface area (Å²) in [4.78, 5) is 18.0. The lowest BCUT2D eigenvalue weighted by molar-refractivity contribution is -0.119. The minimum absolute atomic E-state index is 0.0195. The summed E-state index contributed by atoms with van der Waals surface area (Å²) >= 11 is 9.63. The lowest BCUT2D eigenvalue weighted by Gasteiger charge is -2.27. The summed E-state index contributed by atoms with van der Waals surface area (Å²) in [5.41, 5.74) is 2.19. The molecule has 0 aromatic carbocycles. The Balaban J connectivity index is 1.82. The molecular weight excluding hydrogens is 350 g/mol. The van der Waals surface area contributed by atoms with E-state index in [-0.39, 0.29) is 11.8 Å². The van der Waals surface area contributed by atoms with Crippen LogP contribution in [0.25, 0.3) is 0 Å². The summed E-state index contributed by atoms with van der Waals surface area (Å²) in [5, 5.41) is 6.45. The van der Waals surface area contributed by atoms with Gasteiger partial charge in [-0.2, -0.15) is 10.1 Å². The average molecular weight is 364 g/mol. The molecule has 4 nitrogen and oxygen atoms in total. The summed E-state index contributed by atoms with van der Waals surface area (Å²) in [6.07, 6.45) is 1.45. The molecule has 0 aliphatic carbocycles. The number of hydrazone groups is 1. The molecule has 0 radical (unpaired) electrons. The van der Waals surface area contributed by atoms with Gasteiger partial charge < -0.3 is 0 Å². The number of hydrogen-bond acceptors (Lipinski definition) is 5. The number of thioether (sulfide) groups is 1. The molecule has 1 amide bonds. The van der Waals surface area contributed by atoms with Crippen molar-refractivity contribution < 1.29 is 4.79 Å². The monoisotopic (exact) mass is 363 g/mol. The second-order valence-corrected chi connectivity index (χ2v) is 8.61. The third-order valence-corrected chi connectivity index (χ3v) is 6.55. The Bertz CT molecular complexity index is 817. The molecule has 1 atom stereocenters. The van der Waals surface area contributed by atoms with Crippen molar-refractivity contribution in [1.29, 1.82) is 0 Å². The summed E-state index contributed by atoms with van der Waals surface area (Å²) in [6, 6.07) is 7.42. The Morgan fingerprint density at radius 3 is 3.09 bits per heavy atom. The van der Waals surface area contributed by atoms with Gasteiger partial charge in [0, 0.05) is 22.8 Å². The quantitative estimate of drug-likeness (QED) is 0.707. The van der Waals surface area contributed by atoms with Crippen molar-refractivity contribution in [3.05, 3.63) is 39.9 Å². The molecule has 1 unspecified atom stereocenters. The molecule has 7 heteroatoms. The van der Waals surface area contributed by atoms with Crippen LogP contribution in [-0.2, 0) is 4.79 Å². The van der Waals surface area contributed by atoms with E-state index < -0.39 is 0 Å². The number of nitrogens with zero attached hydrogens (tertiary/aromatic N) is 3. The largest absolute Gasteiger partial charge is 0.272 e. The van der Waals surface area contributed by atoms with Gasteiger partial charge in [-0.05, 0) is 37.3 Å². The maximum atomic E-state index is 12.5. The zero-order chi connectivity index (χ0) is 16.0. The van der Waals surface area contributed by atoms with Gasteiger partial charge >= 0.3 is 0 Å². The van der Waals surface area contributed by atoms with E-state index in [0.29, 0.717) is 17.4 Å². The molecule has 2 aliphatic heterocycles. The summed E-state index contributed by atoms with van der Waals surface area (Å²) in [5.74, 6) is 1.69. The first-order valence-corrected chi connectivity index (χ1v) is 9.57. The van der Waals surface area contributed by atoms with Gasteiger partial charge in [0.15, 0.2) is 5.82 Å². The molecule has 0 spiro atoms. The van der Waals surface area contributed by atoms with Crippen molar-refractivity contribution in [3.63, 3.8) is 0 Å². The van der Waals surface area contributed by atoms with Crippen molar-refractivity contribution in [2.75, 3.05) is 10.8 Å². The van der Waals surface area contributed by atoms with Crippen LogP contribution in [0.2, 0.25) is 5.15 Å². The number of aryl methyl sites for hydroxylation is 1. The Morgan fingerprint density at radius 2 is 2.26 bits per heavy atom. The second kappa shape index (κ2) is 5.92. The van der Waals surface area contributed by atoms with Gasteiger partial charge in [-0.3, -0.25) is 4.79 Å². The van der Waals surface area contributed by atoms with E-state index in [0.717, 1.165) is 17.9 Å². The van der Waals surface area contributed by atoms with Crippen molar-refractivity contribution in [2.24, 2.45) is 11.0 Å². The molecule has 2 aliphatic rings. The fraction of sp³-hybridized carbons (Fsp3) is 0.312. The average Bonchev–Trinajstić information content (AvgIpc) is 2.80. The number of amides is 1. The Kier molecular flexibility index (Phi) is 3.91. The van der Waals surface area contributed by atoms with Gasteiger partial charge in [0.1, 0.15) is 5.15 Å². The van der Waals surface area contributed by atoms with Gasteiger partial charge in [0.25, 0.3) is 0 Å². The number of anilines is 1. The van der Waals surface area contributed by atoms with E-state index in [2.05, 4.69) is 23.1 Å². The lowest BCUT2D eigenvalue weighted by atomic mass is 9.91. The highest BCUT2D eigenvalue weighted by Gasteiger charge is 2.34. The van der Waals surface area contributed by atoms with Gasteiger partial charge in [-0.15, -0.1) is 23.1 Å². The molecule has 0 bridgehead atoms. The van der Waals surface area contributed by atoms with Crippen LogP contribution in [0.5, 0.6) is 0 Å². The fourth-order valence-electron chi connectivity index (χ4n) is 2.92. The van der Waals surface area contributed by atoms with Crippen LogP contribution in [0.3, 0.4) is 0 Å². The Morgan fingerprint density at radius 1 is 1.39 bits per heavy atom. The Hall–Kier alpha value is -1.37. The van der Waals surface area contributed by atoms with Crippen LogP contribution >= 0.6 is 34.7 Å². The van der Waals surface area contributed by atoms with E-state index in [1.165, 1.54) is 19.7 Å². The van der Waals surface area contributed by atoms with E-state index in [4.69, 9.17) is 11.6 Å². The first kappa shape index (κ1) is 15.2. The molecule has 2 aromatic rings. The maximum absolute atomic E-state index is 12.5. The highest BCUT2D eigenvalue weighted by molar-refractivity contribution is 8.01. The van der Waals surface area contributed by atoms with Crippen molar-refractivity contribution >= 4 is 52.1 Å². The summed E-state index contributed by atoms with van der Waals surface area (Å²) in [7, 11) is 0. The molecule has 118 valence electrons. The number of fused-ring (bicyclic) bond motifs is 3. The van der Waals surface area contributed by atoms with Crippen LogP contribution < -0.4 is 5.01 Å². The molecule has 0 saturated heterocycles. The minimum Gasteiger partial charge on any atom is -0.272 e. The molecule has 0 saturated carbocycles. The number of rotatable bonds is 1. The Labute approximate surface area is 147 Å². The van der Waals surface area contributed by atoms with Crippen molar-refractivity contribution in [3.8, 4) is 0 Å². The lowest BCUT2D eigenvalue weighted by Crippen LogP contribution is -2.37. The summed E-state index contributed by atoms with van der Waals surface area (Å²) in [6.45, 7) is 2.11. The highest BCUT2D eigenvalue weighted by atomic mass is 35.5. The molecule has 23 heavy (non-hydrogen) atoms. The van der Waals surface area contributed by atoms with Crippen LogP contribution in [-0.4, -0.2) is 22.4 Å². The van der Waals surface area contributed by atoms with Gasteiger partial charge in [0.2, 0.25) is 5.91 Å². The number of carbonyl (C=O) groups is 1. The number of pyridine rings is 1.